The third kappa shape index (κ3) is 4.96. The first-order chi connectivity index (χ1) is 7.03. The molecule has 1 saturated heterocycles. The van der Waals surface area contributed by atoms with E-state index in [-0.39, 0.29) is 5.60 Å². The van der Waals surface area contributed by atoms with Crippen molar-refractivity contribution in [2.24, 2.45) is 0 Å². The lowest BCUT2D eigenvalue weighted by atomic mass is 10.1. The second-order valence-corrected chi connectivity index (χ2v) is 5.26. The molecular weight excluding hydrogens is 188 g/mol. The predicted octanol–water partition coefficient (Wildman–Crippen LogP) is 1.49. The van der Waals surface area contributed by atoms with E-state index in [0.717, 1.165) is 19.6 Å². The monoisotopic (exact) mass is 214 g/mol. The summed E-state index contributed by atoms with van der Waals surface area (Å²) in [4.78, 5) is 2.38. The molecule has 0 aromatic rings. The molecule has 1 aliphatic rings. The summed E-state index contributed by atoms with van der Waals surface area (Å²) in [7, 11) is 4.19. The molecule has 1 fully saturated rings. The number of ether oxygens (including phenoxy) is 1. The molecule has 0 amide bonds. The van der Waals surface area contributed by atoms with Gasteiger partial charge in [-0.25, -0.2) is 0 Å². The SMILES string of the molecule is CNCCCN(C)CC1CCC(C)(C)O1. The zero-order valence-electron chi connectivity index (χ0n) is 10.7. The Morgan fingerprint density at radius 3 is 2.73 bits per heavy atom. The second-order valence-electron chi connectivity index (χ2n) is 5.26. The zero-order valence-corrected chi connectivity index (χ0v) is 10.7. The Balaban J connectivity index is 2.13. The van der Waals surface area contributed by atoms with Gasteiger partial charge in [0.2, 0.25) is 0 Å². The summed E-state index contributed by atoms with van der Waals surface area (Å²) < 4.78 is 5.97. The summed E-state index contributed by atoms with van der Waals surface area (Å²) in [6.45, 7) is 7.71. The Hall–Kier alpha value is -0.120. The van der Waals surface area contributed by atoms with Gasteiger partial charge < -0.3 is 15.0 Å². The molecule has 90 valence electrons. The molecule has 1 atom stereocenters. The van der Waals surface area contributed by atoms with E-state index >= 15 is 0 Å². The molecule has 0 radical (unpaired) electrons. The summed E-state index contributed by atoms with van der Waals surface area (Å²) in [6, 6.07) is 0. The molecule has 0 saturated carbocycles. The Morgan fingerprint density at radius 2 is 2.20 bits per heavy atom. The van der Waals surface area contributed by atoms with Crippen LogP contribution in [0.3, 0.4) is 0 Å². The first kappa shape index (κ1) is 12.9. The molecule has 1 N–H and O–H groups in total. The minimum Gasteiger partial charge on any atom is -0.371 e. The summed E-state index contributed by atoms with van der Waals surface area (Å²) >= 11 is 0. The third-order valence-corrected chi connectivity index (χ3v) is 3.04. The summed E-state index contributed by atoms with van der Waals surface area (Å²) in [5.41, 5.74) is 0.108. The van der Waals surface area contributed by atoms with Gasteiger partial charge in [0.1, 0.15) is 0 Å². The number of nitrogens with one attached hydrogen (secondary N) is 1. The quantitative estimate of drug-likeness (QED) is 0.678. The van der Waals surface area contributed by atoms with Crippen LogP contribution in [0.2, 0.25) is 0 Å². The van der Waals surface area contributed by atoms with E-state index in [1.165, 1.54) is 19.3 Å². The first-order valence-corrected chi connectivity index (χ1v) is 6.04. The van der Waals surface area contributed by atoms with Crippen LogP contribution in [0.15, 0.2) is 0 Å². The van der Waals surface area contributed by atoms with Gasteiger partial charge in [-0.05, 0) is 60.3 Å². The van der Waals surface area contributed by atoms with Crippen LogP contribution < -0.4 is 5.32 Å². The Bertz CT molecular complexity index is 182. The van der Waals surface area contributed by atoms with Crippen molar-refractivity contribution in [3.63, 3.8) is 0 Å². The minimum absolute atomic E-state index is 0.108. The van der Waals surface area contributed by atoms with Crippen molar-refractivity contribution in [3.8, 4) is 0 Å². The third-order valence-electron chi connectivity index (χ3n) is 3.04. The molecule has 0 spiro atoms. The van der Waals surface area contributed by atoms with Gasteiger partial charge in [0, 0.05) is 6.54 Å². The van der Waals surface area contributed by atoms with Gasteiger partial charge >= 0.3 is 0 Å². The van der Waals surface area contributed by atoms with E-state index in [1.807, 2.05) is 7.05 Å². The van der Waals surface area contributed by atoms with E-state index in [0.29, 0.717) is 6.10 Å². The van der Waals surface area contributed by atoms with Crippen LogP contribution in [0.4, 0.5) is 0 Å². The molecule has 0 bridgehead atoms. The highest BCUT2D eigenvalue weighted by Crippen LogP contribution is 2.29. The predicted molar refractivity (Wildman–Crippen MR) is 64.2 cm³/mol. The molecule has 15 heavy (non-hydrogen) atoms. The number of nitrogens with zero attached hydrogens (tertiary/aromatic N) is 1. The molecule has 0 aromatic heterocycles. The fourth-order valence-corrected chi connectivity index (χ4v) is 2.17. The van der Waals surface area contributed by atoms with Gasteiger partial charge in [-0.3, -0.25) is 0 Å². The molecule has 3 nitrogen and oxygen atoms in total. The molecule has 1 heterocycles. The maximum absolute atomic E-state index is 5.97. The van der Waals surface area contributed by atoms with Crippen molar-refractivity contribution < 1.29 is 4.74 Å². The van der Waals surface area contributed by atoms with Gasteiger partial charge in [-0.1, -0.05) is 0 Å². The topological polar surface area (TPSA) is 24.5 Å². The standard InChI is InChI=1S/C12H26N2O/c1-12(2)7-6-11(15-12)10-14(4)9-5-8-13-3/h11,13H,5-10H2,1-4H3. The molecule has 3 heteroatoms. The number of hydrogen-bond donors (Lipinski definition) is 1. The summed E-state index contributed by atoms with van der Waals surface area (Å²) in [5.74, 6) is 0. The summed E-state index contributed by atoms with van der Waals surface area (Å²) in [5, 5.41) is 3.17. The van der Waals surface area contributed by atoms with Crippen LogP contribution >= 0.6 is 0 Å². The smallest absolute Gasteiger partial charge is 0.0710 e. The highest BCUT2D eigenvalue weighted by atomic mass is 16.5. The normalized spacial score (nSPS) is 25.0. The van der Waals surface area contributed by atoms with Crippen molar-refractivity contribution in [3.05, 3.63) is 0 Å². The van der Waals surface area contributed by atoms with Crippen LogP contribution in [-0.2, 0) is 4.74 Å². The average Bonchev–Trinajstić information content (AvgIpc) is 2.46. The Kier molecular flexibility index (Phi) is 5.03. The molecule has 1 unspecified atom stereocenters. The van der Waals surface area contributed by atoms with Crippen LogP contribution in [0.5, 0.6) is 0 Å². The van der Waals surface area contributed by atoms with Gasteiger partial charge in [-0.15, -0.1) is 0 Å². The minimum atomic E-state index is 0.108. The fraction of sp³-hybridized carbons (Fsp3) is 1.00. The van der Waals surface area contributed by atoms with E-state index < -0.39 is 0 Å². The fourth-order valence-electron chi connectivity index (χ4n) is 2.17. The van der Waals surface area contributed by atoms with Crippen molar-refractivity contribution >= 4 is 0 Å². The lowest BCUT2D eigenvalue weighted by Gasteiger charge is -2.23. The van der Waals surface area contributed by atoms with E-state index in [2.05, 4.69) is 31.1 Å². The maximum atomic E-state index is 5.97. The average molecular weight is 214 g/mol. The van der Waals surface area contributed by atoms with Gasteiger partial charge in [0.05, 0.1) is 11.7 Å². The van der Waals surface area contributed by atoms with Gasteiger partial charge in [0.15, 0.2) is 0 Å². The van der Waals surface area contributed by atoms with Crippen molar-refractivity contribution in [1.82, 2.24) is 10.2 Å². The zero-order chi connectivity index (χ0) is 11.3. The van der Waals surface area contributed by atoms with E-state index in [4.69, 9.17) is 4.74 Å². The van der Waals surface area contributed by atoms with Crippen molar-refractivity contribution in [2.75, 3.05) is 33.7 Å². The lowest BCUT2D eigenvalue weighted by molar-refractivity contribution is -0.0260. The molecule has 1 rings (SSSR count). The first-order valence-electron chi connectivity index (χ1n) is 6.04. The van der Waals surface area contributed by atoms with Crippen molar-refractivity contribution in [1.29, 1.82) is 0 Å². The van der Waals surface area contributed by atoms with Crippen LogP contribution in [0.25, 0.3) is 0 Å². The summed E-state index contributed by atoms with van der Waals surface area (Å²) in [6.07, 6.45) is 4.06. The van der Waals surface area contributed by atoms with Gasteiger partial charge in [0.25, 0.3) is 0 Å². The number of rotatable bonds is 6. The van der Waals surface area contributed by atoms with Gasteiger partial charge in [-0.2, -0.15) is 0 Å². The Morgan fingerprint density at radius 1 is 1.47 bits per heavy atom. The molecule has 0 aromatic carbocycles. The molecule has 0 aliphatic carbocycles. The highest BCUT2D eigenvalue weighted by molar-refractivity contribution is 4.82. The second kappa shape index (κ2) is 5.83. The van der Waals surface area contributed by atoms with E-state index in [9.17, 15) is 0 Å². The molecule has 1 aliphatic heterocycles. The lowest BCUT2D eigenvalue weighted by Crippen LogP contribution is -2.32. The van der Waals surface area contributed by atoms with Crippen molar-refractivity contribution in [2.45, 2.75) is 44.8 Å². The molecular formula is C12H26N2O. The maximum Gasteiger partial charge on any atom is 0.0710 e. The highest BCUT2D eigenvalue weighted by Gasteiger charge is 2.31. The van der Waals surface area contributed by atoms with E-state index in [1.54, 1.807) is 0 Å². The largest absolute Gasteiger partial charge is 0.371 e. The Labute approximate surface area is 94.2 Å². The number of likely N-dealkylation sites (N-methyl/N-ethyl adjacent to an activating group) is 1. The number of hydrogen-bond acceptors (Lipinski definition) is 3. The van der Waals surface area contributed by atoms with Crippen LogP contribution in [-0.4, -0.2) is 50.3 Å². The van der Waals surface area contributed by atoms with Crippen LogP contribution in [0, 0.1) is 0 Å². The van der Waals surface area contributed by atoms with Crippen LogP contribution in [0.1, 0.15) is 33.1 Å².